The second-order valence-corrected chi connectivity index (χ2v) is 7.81. The minimum atomic E-state index is -0.0703. The molecule has 0 bridgehead atoms. The standard InChI is InChI=1S/C22H19N3O3S/c1-13(26)21-18-11-28-20-9-19(27-3)16(14-4-6-24(2)10-14)8-17(20)22(18)25(23-21)15-5-7-29-12-15/h4-10,12H,11H2,1-3H3. The number of ether oxygens (including phenoxy) is 2. The van der Waals surface area contributed by atoms with Crippen LogP contribution in [0.3, 0.4) is 0 Å². The van der Waals surface area contributed by atoms with Crippen molar-refractivity contribution in [3.8, 4) is 39.6 Å². The van der Waals surface area contributed by atoms with Crippen LogP contribution in [0.25, 0.3) is 28.1 Å². The summed E-state index contributed by atoms with van der Waals surface area (Å²) in [6, 6.07) is 8.03. The lowest BCUT2D eigenvalue weighted by Crippen LogP contribution is -2.09. The first-order chi connectivity index (χ1) is 14.1. The average molecular weight is 405 g/mol. The van der Waals surface area contributed by atoms with Gasteiger partial charge in [-0.05, 0) is 23.6 Å². The predicted octanol–water partition coefficient (Wildman–Crippen LogP) is 4.71. The second-order valence-electron chi connectivity index (χ2n) is 7.03. The van der Waals surface area contributed by atoms with Crippen molar-refractivity contribution in [1.82, 2.24) is 14.3 Å². The Bertz CT molecular complexity index is 1230. The third-order valence-electron chi connectivity index (χ3n) is 5.14. The van der Waals surface area contributed by atoms with E-state index in [9.17, 15) is 4.79 Å². The van der Waals surface area contributed by atoms with Gasteiger partial charge in [0.2, 0.25) is 0 Å². The lowest BCUT2D eigenvalue weighted by molar-refractivity contribution is 0.101. The molecule has 0 aliphatic carbocycles. The number of aromatic nitrogens is 3. The van der Waals surface area contributed by atoms with Crippen LogP contribution >= 0.6 is 11.3 Å². The highest BCUT2D eigenvalue weighted by Crippen LogP contribution is 2.46. The largest absolute Gasteiger partial charge is 0.496 e. The number of thiophene rings is 1. The molecule has 0 saturated carbocycles. The summed E-state index contributed by atoms with van der Waals surface area (Å²) in [6.45, 7) is 1.84. The molecule has 1 aromatic carbocycles. The van der Waals surface area contributed by atoms with Crippen LogP contribution in [-0.4, -0.2) is 27.2 Å². The highest BCUT2D eigenvalue weighted by Gasteiger charge is 2.30. The Morgan fingerprint density at radius 3 is 2.79 bits per heavy atom. The Morgan fingerprint density at radius 2 is 2.14 bits per heavy atom. The number of fused-ring (bicyclic) bond motifs is 3. The van der Waals surface area contributed by atoms with Crippen molar-refractivity contribution in [2.45, 2.75) is 13.5 Å². The number of hydrogen-bond donors (Lipinski definition) is 0. The maximum atomic E-state index is 12.3. The van der Waals surface area contributed by atoms with Gasteiger partial charge in [-0.3, -0.25) is 4.79 Å². The fourth-order valence-electron chi connectivity index (χ4n) is 3.78. The smallest absolute Gasteiger partial charge is 0.180 e. The lowest BCUT2D eigenvalue weighted by Gasteiger charge is -2.22. The summed E-state index contributed by atoms with van der Waals surface area (Å²) in [5, 5.41) is 8.66. The summed E-state index contributed by atoms with van der Waals surface area (Å²) in [7, 11) is 3.65. The monoisotopic (exact) mass is 405 g/mol. The van der Waals surface area contributed by atoms with Gasteiger partial charge in [-0.15, -0.1) is 0 Å². The zero-order chi connectivity index (χ0) is 20.1. The van der Waals surface area contributed by atoms with Crippen molar-refractivity contribution in [2.24, 2.45) is 7.05 Å². The van der Waals surface area contributed by atoms with Crippen molar-refractivity contribution in [3.05, 3.63) is 58.7 Å². The molecule has 4 heterocycles. The first-order valence-corrected chi connectivity index (χ1v) is 10.1. The maximum Gasteiger partial charge on any atom is 0.180 e. The Labute approximate surface area is 171 Å². The third kappa shape index (κ3) is 2.77. The topological polar surface area (TPSA) is 58.3 Å². The summed E-state index contributed by atoms with van der Waals surface area (Å²) in [5.74, 6) is 1.39. The molecule has 0 spiro atoms. The minimum absolute atomic E-state index is 0.0703. The molecule has 4 aromatic rings. The molecule has 0 amide bonds. The first-order valence-electron chi connectivity index (χ1n) is 9.19. The molecular formula is C22H19N3O3S. The highest BCUT2D eigenvalue weighted by atomic mass is 32.1. The number of benzene rings is 1. The van der Waals surface area contributed by atoms with Crippen LogP contribution < -0.4 is 9.47 Å². The zero-order valence-corrected chi connectivity index (χ0v) is 17.1. The van der Waals surface area contributed by atoms with Crippen LogP contribution in [0.5, 0.6) is 11.5 Å². The lowest BCUT2D eigenvalue weighted by atomic mass is 9.96. The van der Waals surface area contributed by atoms with E-state index in [4.69, 9.17) is 9.47 Å². The van der Waals surface area contributed by atoms with Gasteiger partial charge in [0.1, 0.15) is 23.8 Å². The summed E-state index contributed by atoms with van der Waals surface area (Å²) < 4.78 is 15.5. The van der Waals surface area contributed by atoms with Crippen LogP contribution in [0.2, 0.25) is 0 Å². The second kappa shape index (κ2) is 6.63. The molecule has 0 fully saturated rings. The summed E-state index contributed by atoms with van der Waals surface area (Å²) in [5.41, 5.74) is 6.02. The van der Waals surface area contributed by atoms with E-state index in [-0.39, 0.29) is 5.78 Å². The number of aryl methyl sites for hydroxylation is 1. The van der Waals surface area contributed by atoms with E-state index in [1.807, 2.05) is 57.6 Å². The number of nitrogens with zero attached hydrogens (tertiary/aromatic N) is 3. The molecule has 7 heteroatoms. The Kier molecular flexibility index (Phi) is 4.06. The van der Waals surface area contributed by atoms with Crippen molar-refractivity contribution in [2.75, 3.05) is 7.11 Å². The molecule has 146 valence electrons. The third-order valence-corrected chi connectivity index (χ3v) is 5.81. The first kappa shape index (κ1) is 17.8. The number of rotatable bonds is 4. The quantitative estimate of drug-likeness (QED) is 0.462. The minimum Gasteiger partial charge on any atom is -0.496 e. The molecular weight excluding hydrogens is 386 g/mol. The molecule has 1 aliphatic heterocycles. The molecule has 1 aliphatic rings. The van der Waals surface area contributed by atoms with E-state index in [1.165, 1.54) is 0 Å². The molecule has 0 N–H and O–H groups in total. The summed E-state index contributed by atoms with van der Waals surface area (Å²) in [6.07, 6.45) is 4.05. The van der Waals surface area contributed by atoms with Crippen LogP contribution in [0.1, 0.15) is 23.0 Å². The van der Waals surface area contributed by atoms with E-state index in [2.05, 4.69) is 11.2 Å². The fourth-order valence-corrected chi connectivity index (χ4v) is 4.40. The van der Waals surface area contributed by atoms with Gasteiger partial charge < -0.3 is 14.0 Å². The molecule has 0 saturated heterocycles. The van der Waals surface area contributed by atoms with Gasteiger partial charge in [-0.25, -0.2) is 4.68 Å². The predicted molar refractivity (Wildman–Crippen MR) is 112 cm³/mol. The van der Waals surface area contributed by atoms with E-state index in [1.54, 1.807) is 25.4 Å². The number of hydrogen-bond acceptors (Lipinski definition) is 5. The number of ketones is 1. The SMILES string of the molecule is COc1cc2c(cc1-c1ccn(C)c1)-c1c(c(C(C)=O)nn1-c1ccsc1)CO2. The Hall–Kier alpha value is -3.32. The fraction of sp³-hybridized carbons (Fsp3) is 0.182. The van der Waals surface area contributed by atoms with Crippen LogP contribution in [0, 0.1) is 0 Å². The number of methoxy groups -OCH3 is 1. The molecule has 3 aromatic heterocycles. The van der Waals surface area contributed by atoms with Crippen molar-refractivity contribution in [3.63, 3.8) is 0 Å². The van der Waals surface area contributed by atoms with Gasteiger partial charge in [0.15, 0.2) is 5.78 Å². The normalized spacial score (nSPS) is 12.2. The maximum absolute atomic E-state index is 12.3. The Morgan fingerprint density at radius 1 is 1.28 bits per heavy atom. The van der Waals surface area contributed by atoms with Gasteiger partial charge in [0, 0.05) is 60.1 Å². The zero-order valence-electron chi connectivity index (χ0n) is 16.3. The van der Waals surface area contributed by atoms with Gasteiger partial charge in [-0.1, -0.05) is 0 Å². The number of carbonyl (C=O) groups is 1. The van der Waals surface area contributed by atoms with Crippen molar-refractivity contribution in [1.29, 1.82) is 0 Å². The van der Waals surface area contributed by atoms with Crippen LogP contribution in [-0.2, 0) is 13.7 Å². The molecule has 6 nitrogen and oxygen atoms in total. The summed E-state index contributed by atoms with van der Waals surface area (Å²) >= 11 is 1.59. The van der Waals surface area contributed by atoms with Crippen molar-refractivity contribution < 1.29 is 14.3 Å². The van der Waals surface area contributed by atoms with Gasteiger partial charge in [0.25, 0.3) is 0 Å². The molecule has 5 rings (SSSR count). The Balaban J connectivity index is 1.80. The van der Waals surface area contributed by atoms with Gasteiger partial charge >= 0.3 is 0 Å². The summed E-state index contributed by atoms with van der Waals surface area (Å²) in [4.78, 5) is 12.3. The van der Waals surface area contributed by atoms with Crippen LogP contribution in [0.4, 0.5) is 0 Å². The average Bonchev–Trinajstić information content (AvgIpc) is 3.45. The molecule has 0 atom stereocenters. The molecule has 0 radical (unpaired) electrons. The van der Waals surface area contributed by atoms with Gasteiger partial charge in [-0.2, -0.15) is 16.4 Å². The van der Waals surface area contributed by atoms with Gasteiger partial charge in [0.05, 0.1) is 18.5 Å². The number of carbonyl (C=O) groups excluding carboxylic acids is 1. The van der Waals surface area contributed by atoms with E-state index in [0.717, 1.165) is 45.1 Å². The van der Waals surface area contributed by atoms with Crippen LogP contribution in [0.15, 0.2) is 47.4 Å². The number of Topliss-reactive ketones (excluding diaryl/α,β-unsaturated/α-hetero) is 1. The van der Waals surface area contributed by atoms with Crippen molar-refractivity contribution >= 4 is 17.1 Å². The van der Waals surface area contributed by atoms with E-state index < -0.39 is 0 Å². The molecule has 0 unspecified atom stereocenters. The molecule has 29 heavy (non-hydrogen) atoms. The van der Waals surface area contributed by atoms with E-state index >= 15 is 0 Å². The highest BCUT2D eigenvalue weighted by molar-refractivity contribution is 7.08. The van der Waals surface area contributed by atoms with E-state index in [0.29, 0.717) is 12.3 Å².